The Bertz CT molecular complexity index is 689. The van der Waals surface area contributed by atoms with E-state index in [1.165, 1.54) is 18.2 Å². The molecule has 0 aliphatic carbocycles. The highest BCUT2D eigenvalue weighted by Crippen LogP contribution is 2.26. The monoisotopic (exact) mass is 353 g/mol. The number of ether oxygens (including phenoxy) is 1. The van der Waals surface area contributed by atoms with E-state index >= 15 is 0 Å². The van der Waals surface area contributed by atoms with Gasteiger partial charge in [0.15, 0.2) is 0 Å². The predicted octanol–water partition coefficient (Wildman–Crippen LogP) is 4.40. The van der Waals surface area contributed by atoms with Crippen molar-refractivity contribution in [3.05, 3.63) is 70.2 Å². The number of benzene rings is 2. The van der Waals surface area contributed by atoms with Gasteiger partial charge in [-0.2, -0.15) is 0 Å². The Balaban J connectivity index is 2.20. The lowest BCUT2D eigenvalue weighted by Crippen LogP contribution is -2.25. The third-order valence-electron chi connectivity index (χ3n) is 3.54. The normalized spacial score (nSPS) is 12.0. The second-order valence-corrected chi connectivity index (χ2v) is 5.57. The standard InChI is InChI=1S/C18H18ClF2NO2/c1-2-24-18(23)10-17(12-6-3-4-7-14(12)19)22-11-13-15(20)8-5-9-16(13)21/h3-9,17,22H,2,10-11H2,1H3/t17-/m1/s1. The Morgan fingerprint density at radius 2 is 1.83 bits per heavy atom. The highest BCUT2D eigenvalue weighted by Gasteiger charge is 2.20. The summed E-state index contributed by atoms with van der Waals surface area (Å²) in [4.78, 5) is 11.8. The molecule has 1 N–H and O–H groups in total. The third kappa shape index (κ3) is 4.76. The number of esters is 1. The van der Waals surface area contributed by atoms with E-state index in [0.717, 1.165) is 0 Å². The summed E-state index contributed by atoms with van der Waals surface area (Å²) in [6.45, 7) is 1.90. The van der Waals surface area contributed by atoms with Gasteiger partial charge in [0.2, 0.25) is 0 Å². The molecule has 24 heavy (non-hydrogen) atoms. The van der Waals surface area contributed by atoms with Crippen LogP contribution in [0.1, 0.15) is 30.5 Å². The molecule has 0 aromatic heterocycles. The van der Waals surface area contributed by atoms with Crippen LogP contribution < -0.4 is 5.32 Å². The van der Waals surface area contributed by atoms with Crippen molar-refractivity contribution >= 4 is 17.6 Å². The molecule has 2 rings (SSSR count). The maximum absolute atomic E-state index is 13.8. The first kappa shape index (κ1) is 18.4. The topological polar surface area (TPSA) is 38.3 Å². The molecule has 2 aromatic carbocycles. The van der Waals surface area contributed by atoms with E-state index in [-0.39, 0.29) is 25.1 Å². The fourth-order valence-electron chi connectivity index (χ4n) is 2.36. The van der Waals surface area contributed by atoms with E-state index in [2.05, 4.69) is 5.32 Å². The zero-order valence-electron chi connectivity index (χ0n) is 13.2. The van der Waals surface area contributed by atoms with E-state index in [0.29, 0.717) is 10.6 Å². The summed E-state index contributed by atoms with van der Waals surface area (Å²) in [5.74, 6) is -1.70. The molecule has 2 aromatic rings. The second-order valence-electron chi connectivity index (χ2n) is 5.16. The molecule has 0 radical (unpaired) electrons. The van der Waals surface area contributed by atoms with Gasteiger partial charge in [0.1, 0.15) is 11.6 Å². The van der Waals surface area contributed by atoms with Crippen molar-refractivity contribution in [2.45, 2.75) is 25.9 Å². The van der Waals surface area contributed by atoms with E-state index in [1.54, 1.807) is 31.2 Å². The minimum absolute atomic E-state index is 0.00758. The first-order chi connectivity index (χ1) is 11.5. The highest BCUT2D eigenvalue weighted by molar-refractivity contribution is 6.31. The smallest absolute Gasteiger partial charge is 0.307 e. The van der Waals surface area contributed by atoms with Crippen molar-refractivity contribution in [1.82, 2.24) is 5.32 Å². The summed E-state index contributed by atoms with van der Waals surface area (Å²) < 4.78 is 32.5. The molecule has 3 nitrogen and oxygen atoms in total. The van der Waals surface area contributed by atoms with Crippen LogP contribution in [0.25, 0.3) is 0 Å². The van der Waals surface area contributed by atoms with Crippen molar-refractivity contribution in [2.24, 2.45) is 0 Å². The Kier molecular flexibility index (Phi) is 6.70. The first-order valence-electron chi connectivity index (χ1n) is 7.59. The van der Waals surface area contributed by atoms with Gasteiger partial charge in [0, 0.05) is 23.2 Å². The average Bonchev–Trinajstić information content (AvgIpc) is 2.54. The van der Waals surface area contributed by atoms with Crippen LogP contribution in [0.4, 0.5) is 8.78 Å². The van der Waals surface area contributed by atoms with Crippen LogP contribution in [0.2, 0.25) is 5.02 Å². The van der Waals surface area contributed by atoms with Crippen LogP contribution in [0, 0.1) is 11.6 Å². The number of nitrogens with one attached hydrogen (secondary N) is 1. The van der Waals surface area contributed by atoms with Gasteiger partial charge in [0.05, 0.1) is 13.0 Å². The number of carbonyl (C=O) groups is 1. The summed E-state index contributed by atoms with van der Waals surface area (Å²) in [6.07, 6.45) is 0.00758. The minimum atomic E-state index is -0.642. The number of carbonyl (C=O) groups excluding carboxylic acids is 1. The van der Waals surface area contributed by atoms with Crippen LogP contribution in [0.5, 0.6) is 0 Å². The molecular weight excluding hydrogens is 336 g/mol. The van der Waals surface area contributed by atoms with Crippen molar-refractivity contribution in [3.8, 4) is 0 Å². The van der Waals surface area contributed by atoms with E-state index in [4.69, 9.17) is 16.3 Å². The summed E-state index contributed by atoms with van der Waals surface area (Å²) in [5.41, 5.74) is 0.586. The maximum atomic E-state index is 13.8. The fourth-order valence-corrected chi connectivity index (χ4v) is 2.63. The van der Waals surface area contributed by atoms with Gasteiger partial charge in [-0.05, 0) is 30.7 Å². The Labute approximate surface area is 144 Å². The molecule has 0 unspecified atom stereocenters. The van der Waals surface area contributed by atoms with E-state index in [1.807, 2.05) is 0 Å². The van der Waals surface area contributed by atoms with Crippen molar-refractivity contribution < 1.29 is 18.3 Å². The summed E-state index contributed by atoms with van der Waals surface area (Å²) in [7, 11) is 0. The van der Waals surface area contributed by atoms with Gasteiger partial charge in [-0.25, -0.2) is 8.78 Å². The van der Waals surface area contributed by atoms with Gasteiger partial charge in [-0.15, -0.1) is 0 Å². The Morgan fingerprint density at radius 1 is 1.17 bits per heavy atom. The number of halogens is 3. The van der Waals surface area contributed by atoms with Crippen molar-refractivity contribution in [3.63, 3.8) is 0 Å². The maximum Gasteiger partial charge on any atom is 0.307 e. The Morgan fingerprint density at radius 3 is 2.46 bits per heavy atom. The summed E-state index contributed by atoms with van der Waals surface area (Å²) in [6, 6.07) is 10.2. The predicted molar refractivity (Wildman–Crippen MR) is 88.6 cm³/mol. The molecule has 0 fully saturated rings. The van der Waals surface area contributed by atoms with Crippen molar-refractivity contribution in [2.75, 3.05) is 6.61 Å². The van der Waals surface area contributed by atoms with Gasteiger partial charge in [-0.3, -0.25) is 4.79 Å². The average molecular weight is 354 g/mol. The molecule has 0 amide bonds. The van der Waals surface area contributed by atoms with Crippen LogP contribution in [0.3, 0.4) is 0 Å². The van der Waals surface area contributed by atoms with E-state index < -0.39 is 23.6 Å². The van der Waals surface area contributed by atoms with Gasteiger partial charge in [-0.1, -0.05) is 35.9 Å². The first-order valence-corrected chi connectivity index (χ1v) is 7.97. The molecule has 1 atom stereocenters. The largest absolute Gasteiger partial charge is 0.466 e. The number of rotatable bonds is 7. The zero-order chi connectivity index (χ0) is 17.5. The SMILES string of the molecule is CCOC(=O)C[C@@H](NCc1c(F)cccc1F)c1ccccc1Cl. The molecular formula is C18H18ClF2NO2. The fraction of sp³-hybridized carbons (Fsp3) is 0.278. The van der Waals surface area contributed by atoms with Crippen LogP contribution in [-0.2, 0) is 16.1 Å². The molecule has 0 heterocycles. The van der Waals surface area contributed by atoms with E-state index in [9.17, 15) is 13.6 Å². The minimum Gasteiger partial charge on any atom is -0.466 e. The highest BCUT2D eigenvalue weighted by atomic mass is 35.5. The van der Waals surface area contributed by atoms with Crippen LogP contribution in [0.15, 0.2) is 42.5 Å². The summed E-state index contributed by atoms with van der Waals surface area (Å²) >= 11 is 6.18. The molecule has 0 bridgehead atoms. The van der Waals surface area contributed by atoms with Gasteiger partial charge in [0.25, 0.3) is 0 Å². The molecule has 0 spiro atoms. The molecule has 0 aliphatic heterocycles. The molecule has 0 aliphatic rings. The number of hydrogen-bond acceptors (Lipinski definition) is 3. The number of hydrogen-bond donors (Lipinski definition) is 1. The van der Waals surface area contributed by atoms with Gasteiger partial charge < -0.3 is 10.1 Å². The third-order valence-corrected chi connectivity index (χ3v) is 3.89. The molecule has 0 saturated heterocycles. The Hall–Kier alpha value is -1.98. The van der Waals surface area contributed by atoms with Crippen LogP contribution in [-0.4, -0.2) is 12.6 Å². The molecule has 6 heteroatoms. The molecule has 0 saturated carbocycles. The quantitative estimate of drug-likeness (QED) is 0.750. The lowest BCUT2D eigenvalue weighted by molar-refractivity contribution is -0.143. The lowest BCUT2D eigenvalue weighted by atomic mass is 10.0. The molecule has 128 valence electrons. The lowest BCUT2D eigenvalue weighted by Gasteiger charge is -2.20. The van der Waals surface area contributed by atoms with Gasteiger partial charge >= 0.3 is 5.97 Å². The summed E-state index contributed by atoms with van der Waals surface area (Å²) in [5, 5.41) is 3.46. The second kappa shape index (κ2) is 8.76. The zero-order valence-corrected chi connectivity index (χ0v) is 13.9. The van der Waals surface area contributed by atoms with Crippen LogP contribution >= 0.6 is 11.6 Å². The van der Waals surface area contributed by atoms with Crippen molar-refractivity contribution in [1.29, 1.82) is 0 Å².